The number of rotatable bonds is 2. The second kappa shape index (κ2) is 3.47. The summed E-state index contributed by atoms with van der Waals surface area (Å²) in [6.45, 7) is 2.92. The van der Waals surface area contributed by atoms with Gasteiger partial charge in [0.05, 0.1) is 11.9 Å². The molecule has 0 atom stereocenters. The molecule has 68 valence electrons. The average molecular weight is 214 g/mol. The SMILES string of the molecule is CCn1cc(-c2csc(Cl)n2)cn1. The molecule has 13 heavy (non-hydrogen) atoms. The average Bonchev–Trinajstić information content (AvgIpc) is 2.71. The molecular weight excluding hydrogens is 206 g/mol. The van der Waals surface area contributed by atoms with Gasteiger partial charge in [-0.05, 0) is 6.92 Å². The van der Waals surface area contributed by atoms with Crippen LogP contribution in [0, 0.1) is 0 Å². The Morgan fingerprint density at radius 3 is 3.00 bits per heavy atom. The van der Waals surface area contributed by atoms with E-state index in [1.807, 2.05) is 23.2 Å². The van der Waals surface area contributed by atoms with Crippen LogP contribution in [0.1, 0.15) is 6.92 Å². The van der Waals surface area contributed by atoms with Crippen molar-refractivity contribution in [1.29, 1.82) is 0 Å². The molecule has 0 radical (unpaired) electrons. The molecule has 0 spiro atoms. The molecule has 0 bridgehead atoms. The third kappa shape index (κ3) is 1.73. The van der Waals surface area contributed by atoms with Crippen molar-refractivity contribution in [1.82, 2.24) is 14.8 Å². The molecular formula is C8H8ClN3S. The normalized spacial score (nSPS) is 10.6. The summed E-state index contributed by atoms with van der Waals surface area (Å²) in [6, 6.07) is 0. The van der Waals surface area contributed by atoms with Crippen molar-refractivity contribution in [3.63, 3.8) is 0 Å². The van der Waals surface area contributed by atoms with Gasteiger partial charge in [-0.2, -0.15) is 5.10 Å². The summed E-state index contributed by atoms with van der Waals surface area (Å²) in [7, 11) is 0. The van der Waals surface area contributed by atoms with Crippen LogP contribution >= 0.6 is 22.9 Å². The van der Waals surface area contributed by atoms with Crippen LogP contribution in [-0.4, -0.2) is 14.8 Å². The molecule has 2 rings (SSSR count). The molecule has 2 aromatic heterocycles. The smallest absolute Gasteiger partial charge is 0.184 e. The minimum Gasteiger partial charge on any atom is -0.272 e. The molecule has 3 nitrogen and oxygen atoms in total. The first-order valence-electron chi connectivity index (χ1n) is 3.93. The van der Waals surface area contributed by atoms with Gasteiger partial charge in [0.15, 0.2) is 4.47 Å². The topological polar surface area (TPSA) is 30.7 Å². The van der Waals surface area contributed by atoms with Crippen molar-refractivity contribution in [2.75, 3.05) is 0 Å². The summed E-state index contributed by atoms with van der Waals surface area (Å²) in [5, 5.41) is 6.09. The highest BCUT2D eigenvalue weighted by atomic mass is 35.5. The first-order valence-corrected chi connectivity index (χ1v) is 5.19. The molecule has 0 aliphatic carbocycles. The molecule has 0 aliphatic rings. The Morgan fingerprint density at radius 1 is 1.62 bits per heavy atom. The third-order valence-corrected chi connectivity index (χ3v) is 2.71. The lowest BCUT2D eigenvalue weighted by Gasteiger charge is -1.90. The summed E-state index contributed by atoms with van der Waals surface area (Å²) in [5.74, 6) is 0. The number of aryl methyl sites for hydroxylation is 1. The Kier molecular flexibility index (Phi) is 2.33. The summed E-state index contributed by atoms with van der Waals surface area (Å²) in [6.07, 6.45) is 3.76. The van der Waals surface area contributed by atoms with Gasteiger partial charge in [0.25, 0.3) is 0 Å². The van der Waals surface area contributed by atoms with E-state index in [0.29, 0.717) is 4.47 Å². The van der Waals surface area contributed by atoms with E-state index in [1.54, 1.807) is 6.20 Å². The van der Waals surface area contributed by atoms with Crippen molar-refractivity contribution >= 4 is 22.9 Å². The molecule has 5 heteroatoms. The maximum atomic E-state index is 5.73. The molecule has 2 aromatic rings. The largest absolute Gasteiger partial charge is 0.272 e. The highest BCUT2D eigenvalue weighted by molar-refractivity contribution is 7.14. The highest BCUT2D eigenvalue weighted by Crippen LogP contribution is 2.23. The van der Waals surface area contributed by atoms with Gasteiger partial charge in [0.1, 0.15) is 0 Å². The number of aromatic nitrogens is 3. The molecule has 0 unspecified atom stereocenters. The minimum absolute atomic E-state index is 0.569. The predicted octanol–water partition coefficient (Wildman–Crippen LogP) is 2.68. The molecule has 0 aliphatic heterocycles. The third-order valence-electron chi connectivity index (χ3n) is 1.73. The van der Waals surface area contributed by atoms with Crippen molar-refractivity contribution < 1.29 is 0 Å². The van der Waals surface area contributed by atoms with Crippen molar-refractivity contribution in [3.8, 4) is 11.3 Å². The van der Waals surface area contributed by atoms with E-state index in [4.69, 9.17) is 11.6 Å². The molecule has 0 saturated heterocycles. The first kappa shape index (κ1) is 8.72. The molecule has 0 amide bonds. The van der Waals surface area contributed by atoms with Crippen molar-refractivity contribution in [2.45, 2.75) is 13.5 Å². The second-order valence-corrected chi connectivity index (χ2v) is 4.01. The van der Waals surface area contributed by atoms with Gasteiger partial charge in [0.2, 0.25) is 0 Å². The summed E-state index contributed by atoms with van der Waals surface area (Å²) < 4.78 is 2.43. The van der Waals surface area contributed by atoms with E-state index in [9.17, 15) is 0 Å². The zero-order valence-electron chi connectivity index (χ0n) is 7.07. The summed E-state index contributed by atoms with van der Waals surface area (Å²) >= 11 is 7.16. The van der Waals surface area contributed by atoms with Crippen LogP contribution in [0.15, 0.2) is 17.8 Å². The Labute approximate surface area is 85.0 Å². The van der Waals surface area contributed by atoms with E-state index in [0.717, 1.165) is 17.8 Å². The summed E-state index contributed by atoms with van der Waals surface area (Å²) in [4.78, 5) is 4.16. The Balaban J connectivity index is 2.35. The van der Waals surface area contributed by atoms with Crippen LogP contribution in [0.5, 0.6) is 0 Å². The maximum absolute atomic E-state index is 5.73. The molecule has 2 heterocycles. The standard InChI is InChI=1S/C8H8ClN3S/c1-2-12-4-6(3-10-12)7-5-13-8(9)11-7/h3-5H,2H2,1H3. The second-order valence-electron chi connectivity index (χ2n) is 2.57. The van der Waals surface area contributed by atoms with Gasteiger partial charge in [-0.15, -0.1) is 11.3 Å². The number of thiazole rings is 1. The van der Waals surface area contributed by atoms with E-state index in [-0.39, 0.29) is 0 Å². The first-order chi connectivity index (χ1) is 6.29. The van der Waals surface area contributed by atoms with Gasteiger partial charge in [0, 0.05) is 23.7 Å². The summed E-state index contributed by atoms with van der Waals surface area (Å²) in [5.41, 5.74) is 1.92. The number of hydrogen-bond donors (Lipinski definition) is 0. The Bertz CT molecular complexity index is 407. The molecule has 0 N–H and O–H groups in total. The van der Waals surface area contributed by atoms with Gasteiger partial charge in [-0.3, -0.25) is 4.68 Å². The number of halogens is 1. The number of nitrogens with zero attached hydrogens (tertiary/aromatic N) is 3. The molecule has 0 aromatic carbocycles. The van der Waals surface area contributed by atoms with Gasteiger partial charge < -0.3 is 0 Å². The van der Waals surface area contributed by atoms with E-state index in [2.05, 4.69) is 10.1 Å². The predicted molar refractivity (Wildman–Crippen MR) is 54.0 cm³/mol. The fourth-order valence-electron chi connectivity index (χ4n) is 1.05. The van der Waals surface area contributed by atoms with Gasteiger partial charge >= 0.3 is 0 Å². The Morgan fingerprint density at radius 2 is 2.46 bits per heavy atom. The van der Waals surface area contributed by atoms with Crippen LogP contribution in [0.2, 0.25) is 4.47 Å². The lowest BCUT2D eigenvalue weighted by Crippen LogP contribution is -1.91. The maximum Gasteiger partial charge on any atom is 0.184 e. The fraction of sp³-hybridized carbons (Fsp3) is 0.250. The van der Waals surface area contributed by atoms with Crippen molar-refractivity contribution in [2.24, 2.45) is 0 Å². The van der Waals surface area contributed by atoms with Crippen LogP contribution in [-0.2, 0) is 6.54 Å². The molecule has 0 fully saturated rings. The van der Waals surface area contributed by atoms with E-state index < -0.39 is 0 Å². The van der Waals surface area contributed by atoms with Crippen LogP contribution < -0.4 is 0 Å². The lowest BCUT2D eigenvalue weighted by molar-refractivity contribution is 0.660. The van der Waals surface area contributed by atoms with Crippen LogP contribution in [0.3, 0.4) is 0 Å². The number of hydrogen-bond acceptors (Lipinski definition) is 3. The lowest BCUT2D eigenvalue weighted by atomic mass is 10.3. The zero-order chi connectivity index (χ0) is 9.26. The Hall–Kier alpha value is -0.870. The van der Waals surface area contributed by atoms with Crippen LogP contribution in [0.25, 0.3) is 11.3 Å². The van der Waals surface area contributed by atoms with E-state index >= 15 is 0 Å². The zero-order valence-corrected chi connectivity index (χ0v) is 8.64. The van der Waals surface area contributed by atoms with Crippen LogP contribution in [0.4, 0.5) is 0 Å². The van der Waals surface area contributed by atoms with E-state index in [1.165, 1.54) is 11.3 Å². The molecule has 0 saturated carbocycles. The highest BCUT2D eigenvalue weighted by Gasteiger charge is 2.04. The van der Waals surface area contributed by atoms with Gasteiger partial charge in [-0.25, -0.2) is 4.98 Å². The minimum atomic E-state index is 0.569. The van der Waals surface area contributed by atoms with Gasteiger partial charge in [-0.1, -0.05) is 11.6 Å². The quantitative estimate of drug-likeness (QED) is 0.768. The monoisotopic (exact) mass is 213 g/mol. The fourth-order valence-corrected chi connectivity index (χ4v) is 1.83. The van der Waals surface area contributed by atoms with Crippen molar-refractivity contribution in [3.05, 3.63) is 22.2 Å².